The number of carbonyl (C=O) groups is 1. The van der Waals surface area contributed by atoms with Crippen LogP contribution >= 0.6 is 0 Å². The van der Waals surface area contributed by atoms with Crippen LogP contribution in [-0.2, 0) is 9.53 Å². The van der Waals surface area contributed by atoms with Crippen molar-refractivity contribution in [3.63, 3.8) is 0 Å². The van der Waals surface area contributed by atoms with Crippen LogP contribution in [0.15, 0.2) is 48.2 Å². The Morgan fingerprint density at radius 3 is 2.57 bits per heavy atom. The molecule has 2 heterocycles. The number of benzene rings is 1. The number of nitrogens with zero attached hydrogens (tertiary/aromatic N) is 1. The Bertz CT molecular complexity index is 812. The van der Waals surface area contributed by atoms with Crippen molar-refractivity contribution in [3.8, 4) is 16.9 Å². The van der Waals surface area contributed by atoms with Gasteiger partial charge in [-0.25, -0.2) is 4.79 Å². The highest BCUT2D eigenvalue weighted by Gasteiger charge is 2.37. The predicted octanol–water partition coefficient (Wildman–Crippen LogP) is 2.99. The van der Waals surface area contributed by atoms with Crippen LogP contribution in [0, 0.1) is 6.92 Å². The van der Waals surface area contributed by atoms with Gasteiger partial charge in [-0.3, -0.25) is 4.98 Å². The molecule has 0 spiro atoms. The third-order valence-electron chi connectivity index (χ3n) is 3.63. The summed E-state index contributed by atoms with van der Waals surface area (Å²) in [5.74, 6) is -1.81. The summed E-state index contributed by atoms with van der Waals surface area (Å²) in [5, 5.41) is 19.3. The number of aliphatic hydroxyl groups excluding tert-OH is 2. The van der Waals surface area contributed by atoms with E-state index >= 15 is 0 Å². The summed E-state index contributed by atoms with van der Waals surface area (Å²) < 4.78 is 10.3. The summed E-state index contributed by atoms with van der Waals surface area (Å²) >= 11 is 0. The number of ether oxygens (including phenoxy) is 2. The number of carbonyl (C=O) groups excluding carboxylic acids is 1. The lowest BCUT2D eigenvalue weighted by Crippen LogP contribution is -2.05. The number of rotatable bonds is 3. The molecule has 3 rings (SSSR count). The number of esters is 1. The first-order valence-corrected chi connectivity index (χ1v) is 6.94. The minimum atomic E-state index is -1.07. The fourth-order valence-corrected chi connectivity index (χ4v) is 2.48. The van der Waals surface area contributed by atoms with E-state index in [0.717, 1.165) is 16.7 Å². The van der Waals surface area contributed by atoms with Gasteiger partial charge >= 0.3 is 5.97 Å². The van der Waals surface area contributed by atoms with Gasteiger partial charge in [-0.15, -0.1) is 0 Å². The summed E-state index contributed by atoms with van der Waals surface area (Å²) in [6.07, 6.45) is 2.43. The Kier molecular flexibility index (Phi) is 3.65. The van der Waals surface area contributed by atoms with Crippen molar-refractivity contribution in [2.45, 2.75) is 13.0 Å². The summed E-state index contributed by atoms with van der Waals surface area (Å²) in [6.45, 7) is 1.95. The number of hydrogen-bond acceptors (Lipinski definition) is 6. The third kappa shape index (κ3) is 2.59. The number of pyridine rings is 1. The van der Waals surface area contributed by atoms with E-state index in [1.54, 1.807) is 24.5 Å². The molecule has 1 unspecified atom stereocenters. The minimum absolute atomic E-state index is 0.433. The van der Waals surface area contributed by atoms with E-state index in [0.29, 0.717) is 11.3 Å². The van der Waals surface area contributed by atoms with Crippen molar-refractivity contribution in [3.05, 3.63) is 59.3 Å². The van der Waals surface area contributed by atoms with Gasteiger partial charge in [-0.1, -0.05) is 12.1 Å². The zero-order valence-electron chi connectivity index (χ0n) is 12.6. The monoisotopic (exact) mass is 313 g/mol. The van der Waals surface area contributed by atoms with Gasteiger partial charge in [0.2, 0.25) is 5.76 Å². The lowest BCUT2D eigenvalue weighted by Gasteiger charge is -2.15. The van der Waals surface area contributed by atoms with Gasteiger partial charge in [-0.05, 0) is 30.2 Å². The van der Waals surface area contributed by atoms with Crippen LogP contribution in [-0.4, -0.2) is 28.3 Å². The number of hydrogen-bond donors (Lipinski definition) is 2. The number of aryl methyl sites for hydroxylation is 1. The van der Waals surface area contributed by atoms with Gasteiger partial charge in [0.05, 0.1) is 7.11 Å². The second-order valence-electron chi connectivity index (χ2n) is 5.23. The molecule has 1 aliphatic rings. The topological polar surface area (TPSA) is 88.9 Å². The van der Waals surface area contributed by atoms with Crippen LogP contribution in [0.3, 0.4) is 0 Å². The van der Waals surface area contributed by atoms with Crippen LogP contribution in [0.25, 0.3) is 11.1 Å². The predicted molar refractivity (Wildman–Crippen MR) is 82.1 cm³/mol. The van der Waals surface area contributed by atoms with E-state index in [9.17, 15) is 15.0 Å². The summed E-state index contributed by atoms with van der Waals surface area (Å²) in [6, 6.07) is 7.25. The molecule has 2 N–H and O–H groups in total. The van der Waals surface area contributed by atoms with E-state index < -0.39 is 23.6 Å². The summed E-state index contributed by atoms with van der Waals surface area (Å²) in [5.41, 5.74) is 3.27. The van der Waals surface area contributed by atoms with E-state index in [1.165, 1.54) is 7.11 Å². The van der Waals surface area contributed by atoms with E-state index in [4.69, 9.17) is 9.47 Å². The van der Waals surface area contributed by atoms with Gasteiger partial charge in [0, 0.05) is 23.5 Å². The van der Waals surface area contributed by atoms with Crippen molar-refractivity contribution in [2.24, 2.45) is 0 Å². The zero-order chi connectivity index (χ0) is 16.6. The second-order valence-corrected chi connectivity index (χ2v) is 5.23. The molecule has 6 nitrogen and oxygen atoms in total. The van der Waals surface area contributed by atoms with Gasteiger partial charge in [-0.2, -0.15) is 0 Å². The highest BCUT2D eigenvalue weighted by Crippen LogP contribution is 2.39. The molecular weight excluding hydrogens is 298 g/mol. The van der Waals surface area contributed by atoms with Crippen LogP contribution in [0.4, 0.5) is 0 Å². The second kappa shape index (κ2) is 5.64. The minimum Gasteiger partial charge on any atom is -0.505 e. The highest BCUT2D eigenvalue weighted by molar-refractivity contribution is 5.89. The number of aromatic nitrogens is 1. The molecule has 0 saturated heterocycles. The Balaban J connectivity index is 2.03. The van der Waals surface area contributed by atoms with E-state index in [2.05, 4.69) is 4.98 Å². The van der Waals surface area contributed by atoms with E-state index in [1.807, 2.05) is 19.1 Å². The maximum atomic E-state index is 11.4. The maximum Gasteiger partial charge on any atom is 0.378 e. The van der Waals surface area contributed by atoms with Crippen molar-refractivity contribution in [1.82, 2.24) is 4.98 Å². The molecule has 2 aromatic rings. The quantitative estimate of drug-likeness (QED) is 0.847. The van der Waals surface area contributed by atoms with Crippen LogP contribution < -0.4 is 4.74 Å². The highest BCUT2D eigenvalue weighted by atomic mass is 16.6. The SMILES string of the molecule is COc1cc(-c2cncc(C)c2)ccc1C1OC(=O)C(O)=C1O. The molecule has 23 heavy (non-hydrogen) atoms. The van der Waals surface area contributed by atoms with E-state index in [-0.39, 0.29) is 0 Å². The first-order valence-electron chi connectivity index (χ1n) is 6.94. The summed E-state index contributed by atoms with van der Waals surface area (Å²) in [7, 11) is 1.48. The normalized spacial score (nSPS) is 17.3. The van der Waals surface area contributed by atoms with Crippen LogP contribution in [0.5, 0.6) is 5.75 Å². The Hall–Kier alpha value is -3.02. The average Bonchev–Trinajstić information content (AvgIpc) is 2.81. The molecule has 6 heteroatoms. The average molecular weight is 313 g/mol. The van der Waals surface area contributed by atoms with Gasteiger partial charge in [0.1, 0.15) is 5.75 Å². The zero-order valence-corrected chi connectivity index (χ0v) is 12.6. The maximum absolute atomic E-state index is 11.4. The molecule has 0 saturated carbocycles. The smallest absolute Gasteiger partial charge is 0.378 e. The largest absolute Gasteiger partial charge is 0.505 e. The Morgan fingerprint density at radius 2 is 1.96 bits per heavy atom. The standard InChI is InChI=1S/C17H15NO5/c1-9-5-11(8-18-7-9)10-3-4-12(13(6-10)22-2)16-14(19)15(20)17(21)23-16/h3-8,16,19-20H,1-2H3. The molecule has 1 aromatic carbocycles. The molecule has 1 atom stereocenters. The van der Waals surface area contributed by atoms with Crippen LogP contribution in [0.1, 0.15) is 17.2 Å². The van der Waals surface area contributed by atoms with Gasteiger partial charge in [0.15, 0.2) is 11.9 Å². The number of aliphatic hydroxyl groups is 2. The fraction of sp³-hybridized carbons (Fsp3) is 0.176. The Morgan fingerprint density at radius 1 is 1.17 bits per heavy atom. The van der Waals surface area contributed by atoms with Crippen molar-refractivity contribution in [1.29, 1.82) is 0 Å². The van der Waals surface area contributed by atoms with Gasteiger partial charge in [0.25, 0.3) is 0 Å². The van der Waals surface area contributed by atoms with Crippen molar-refractivity contribution < 1.29 is 24.5 Å². The number of cyclic esters (lactones) is 1. The van der Waals surface area contributed by atoms with Crippen molar-refractivity contribution in [2.75, 3.05) is 7.11 Å². The molecule has 0 aliphatic carbocycles. The number of methoxy groups -OCH3 is 1. The lowest BCUT2D eigenvalue weighted by atomic mass is 10.0. The Labute approximate surface area is 132 Å². The lowest BCUT2D eigenvalue weighted by molar-refractivity contribution is -0.142. The molecule has 0 radical (unpaired) electrons. The molecule has 1 aromatic heterocycles. The molecular formula is C17H15NO5. The first kappa shape index (κ1) is 14.9. The van der Waals surface area contributed by atoms with Crippen LogP contribution in [0.2, 0.25) is 0 Å². The first-order chi connectivity index (χ1) is 11.0. The molecule has 0 fully saturated rings. The summed E-state index contributed by atoms with van der Waals surface area (Å²) in [4.78, 5) is 15.5. The van der Waals surface area contributed by atoms with Crippen molar-refractivity contribution >= 4 is 5.97 Å². The fourth-order valence-electron chi connectivity index (χ4n) is 2.48. The third-order valence-corrected chi connectivity index (χ3v) is 3.63. The molecule has 0 bridgehead atoms. The molecule has 1 aliphatic heterocycles. The van der Waals surface area contributed by atoms with Gasteiger partial charge < -0.3 is 19.7 Å². The molecule has 118 valence electrons. The molecule has 0 amide bonds.